The summed E-state index contributed by atoms with van der Waals surface area (Å²) < 4.78 is 15.2. The van der Waals surface area contributed by atoms with Crippen molar-refractivity contribution < 1.29 is 9.18 Å². The van der Waals surface area contributed by atoms with Gasteiger partial charge in [0.2, 0.25) is 0 Å². The van der Waals surface area contributed by atoms with E-state index in [9.17, 15) is 9.18 Å². The van der Waals surface area contributed by atoms with Crippen LogP contribution in [0.5, 0.6) is 0 Å². The fraction of sp³-hybridized carbons (Fsp3) is 0.450. The Morgan fingerprint density at radius 1 is 1.15 bits per heavy atom. The Balaban J connectivity index is 0.00000196. The van der Waals surface area contributed by atoms with E-state index in [-0.39, 0.29) is 30.2 Å². The largest absolute Gasteiger partial charge is 0.349 e. The second-order valence-corrected chi connectivity index (χ2v) is 7.38. The number of amides is 1. The number of halogens is 2. The molecule has 0 radical (unpaired) electrons. The summed E-state index contributed by atoms with van der Waals surface area (Å²) in [5, 5.41) is 6.82. The third-order valence-electron chi connectivity index (χ3n) is 5.57. The fourth-order valence-electron chi connectivity index (χ4n) is 4.42. The Hall–Kier alpha value is -1.85. The summed E-state index contributed by atoms with van der Waals surface area (Å²) in [6.07, 6.45) is 4.46. The first-order valence-electron chi connectivity index (χ1n) is 9.03. The van der Waals surface area contributed by atoms with Crippen LogP contribution in [0, 0.1) is 19.7 Å². The number of piperidine rings is 1. The maximum Gasteiger partial charge on any atom is 0.253 e. The highest BCUT2D eigenvalue weighted by molar-refractivity contribution is 5.96. The lowest BCUT2D eigenvalue weighted by Crippen LogP contribution is -2.48. The molecule has 26 heavy (non-hydrogen) atoms. The molecule has 4 nitrogen and oxygen atoms in total. The first-order chi connectivity index (χ1) is 12.0. The van der Waals surface area contributed by atoms with E-state index in [1.807, 2.05) is 24.5 Å². The summed E-state index contributed by atoms with van der Waals surface area (Å²) in [6, 6.07) is 9.64. The van der Waals surface area contributed by atoms with Crippen molar-refractivity contribution >= 4 is 18.3 Å². The second kappa shape index (κ2) is 7.41. The van der Waals surface area contributed by atoms with Crippen molar-refractivity contribution in [2.24, 2.45) is 0 Å². The summed E-state index contributed by atoms with van der Waals surface area (Å²) in [7, 11) is 0. The van der Waals surface area contributed by atoms with E-state index in [0.717, 1.165) is 29.9 Å². The molecule has 3 heterocycles. The van der Waals surface area contributed by atoms with Gasteiger partial charge in [-0.1, -0.05) is 0 Å². The number of aromatic nitrogens is 1. The zero-order chi connectivity index (χ0) is 17.6. The van der Waals surface area contributed by atoms with E-state index in [0.29, 0.717) is 17.6 Å². The Labute approximate surface area is 159 Å². The molecule has 1 aromatic carbocycles. The third kappa shape index (κ3) is 3.51. The van der Waals surface area contributed by atoms with Gasteiger partial charge in [-0.2, -0.15) is 0 Å². The van der Waals surface area contributed by atoms with Crippen LogP contribution < -0.4 is 10.6 Å². The minimum Gasteiger partial charge on any atom is -0.349 e. The summed E-state index contributed by atoms with van der Waals surface area (Å²) in [5.41, 5.74) is 3.43. The average molecular weight is 378 g/mol. The molecule has 1 amide bonds. The monoisotopic (exact) mass is 377 g/mol. The van der Waals surface area contributed by atoms with Crippen molar-refractivity contribution in [2.45, 2.75) is 57.7 Å². The third-order valence-corrected chi connectivity index (χ3v) is 5.57. The molecular formula is C20H25ClFN3O. The number of nitrogens with zero attached hydrogens (tertiary/aromatic N) is 1. The first-order valence-corrected chi connectivity index (χ1v) is 9.03. The second-order valence-electron chi connectivity index (χ2n) is 7.38. The Bertz CT molecular complexity index is 790. The molecule has 2 fully saturated rings. The normalized spacial score (nSPS) is 24.2. The number of fused-ring (bicyclic) bond motifs is 2. The van der Waals surface area contributed by atoms with Gasteiger partial charge in [0.05, 0.1) is 5.56 Å². The molecule has 2 bridgehead atoms. The molecule has 1 aromatic heterocycles. The SMILES string of the molecule is Cc1cc(C(=O)NC2CC3CCC(C2)N3)c(C)n1-c1ccc(F)cc1.Cl. The summed E-state index contributed by atoms with van der Waals surface area (Å²) in [6.45, 7) is 3.91. The van der Waals surface area contributed by atoms with E-state index < -0.39 is 0 Å². The first kappa shape index (κ1) is 18.9. The lowest BCUT2D eigenvalue weighted by Gasteiger charge is -2.29. The Morgan fingerprint density at radius 2 is 1.77 bits per heavy atom. The number of nitrogens with one attached hydrogen (secondary N) is 2. The number of carbonyl (C=O) groups is 1. The van der Waals surface area contributed by atoms with Gasteiger partial charge in [0.25, 0.3) is 5.91 Å². The highest BCUT2D eigenvalue weighted by Gasteiger charge is 2.34. The molecule has 2 N–H and O–H groups in total. The zero-order valence-electron chi connectivity index (χ0n) is 15.1. The van der Waals surface area contributed by atoms with Gasteiger partial charge in [-0.05, 0) is 69.9 Å². The van der Waals surface area contributed by atoms with Crippen LogP contribution in [0.2, 0.25) is 0 Å². The highest BCUT2D eigenvalue weighted by Crippen LogP contribution is 2.27. The Morgan fingerprint density at radius 3 is 2.38 bits per heavy atom. The number of rotatable bonds is 3. The number of hydrogen-bond acceptors (Lipinski definition) is 2. The lowest BCUT2D eigenvalue weighted by atomic mass is 9.99. The number of aryl methyl sites for hydroxylation is 1. The predicted octanol–water partition coefficient (Wildman–Crippen LogP) is 3.67. The molecule has 6 heteroatoms. The van der Waals surface area contributed by atoms with Crippen molar-refractivity contribution in [2.75, 3.05) is 0 Å². The molecule has 0 aliphatic carbocycles. The van der Waals surface area contributed by atoms with Gasteiger partial charge in [-0.15, -0.1) is 12.4 Å². The van der Waals surface area contributed by atoms with Crippen molar-refractivity contribution in [3.63, 3.8) is 0 Å². The summed E-state index contributed by atoms with van der Waals surface area (Å²) in [4.78, 5) is 12.8. The van der Waals surface area contributed by atoms with Crippen molar-refractivity contribution in [3.05, 3.63) is 53.1 Å². The summed E-state index contributed by atoms with van der Waals surface area (Å²) >= 11 is 0. The Kier molecular flexibility index (Phi) is 5.39. The van der Waals surface area contributed by atoms with E-state index >= 15 is 0 Å². The molecule has 0 saturated carbocycles. The number of hydrogen-bond donors (Lipinski definition) is 2. The molecule has 2 aromatic rings. The van der Waals surface area contributed by atoms with Crippen LogP contribution in [-0.4, -0.2) is 28.6 Å². The van der Waals surface area contributed by atoms with Crippen LogP contribution in [0.3, 0.4) is 0 Å². The van der Waals surface area contributed by atoms with E-state index in [1.54, 1.807) is 12.1 Å². The maximum absolute atomic E-state index is 13.2. The van der Waals surface area contributed by atoms with Crippen LogP contribution in [-0.2, 0) is 0 Å². The van der Waals surface area contributed by atoms with Crippen LogP contribution in [0.1, 0.15) is 47.4 Å². The van der Waals surface area contributed by atoms with Crippen LogP contribution in [0.25, 0.3) is 5.69 Å². The molecule has 0 spiro atoms. The average Bonchev–Trinajstić information content (AvgIpc) is 3.07. The molecule has 2 aliphatic rings. The molecule has 2 unspecified atom stereocenters. The van der Waals surface area contributed by atoms with Crippen molar-refractivity contribution in [1.82, 2.24) is 15.2 Å². The van der Waals surface area contributed by atoms with Gasteiger partial charge in [-0.3, -0.25) is 4.79 Å². The molecular weight excluding hydrogens is 353 g/mol. The van der Waals surface area contributed by atoms with Gasteiger partial charge in [0, 0.05) is 35.2 Å². The van der Waals surface area contributed by atoms with E-state index in [4.69, 9.17) is 0 Å². The van der Waals surface area contributed by atoms with Gasteiger partial charge in [-0.25, -0.2) is 4.39 Å². The molecule has 140 valence electrons. The fourth-order valence-corrected chi connectivity index (χ4v) is 4.42. The van der Waals surface area contributed by atoms with Crippen LogP contribution in [0.15, 0.2) is 30.3 Å². The molecule has 2 saturated heterocycles. The van der Waals surface area contributed by atoms with Crippen molar-refractivity contribution in [3.8, 4) is 5.69 Å². The van der Waals surface area contributed by atoms with Gasteiger partial charge >= 0.3 is 0 Å². The van der Waals surface area contributed by atoms with Crippen molar-refractivity contribution in [1.29, 1.82) is 0 Å². The highest BCUT2D eigenvalue weighted by atomic mass is 35.5. The van der Waals surface area contributed by atoms with Gasteiger partial charge in [0.15, 0.2) is 0 Å². The smallest absolute Gasteiger partial charge is 0.253 e. The lowest BCUT2D eigenvalue weighted by molar-refractivity contribution is 0.0923. The maximum atomic E-state index is 13.2. The summed E-state index contributed by atoms with van der Waals surface area (Å²) in [5.74, 6) is -0.266. The molecule has 4 rings (SSSR count). The molecule has 2 atom stereocenters. The minimum atomic E-state index is -0.260. The van der Waals surface area contributed by atoms with Crippen LogP contribution in [0.4, 0.5) is 4.39 Å². The van der Waals surface area contributed by atoms with Crippen LogP contribution >= 0.6 is 12.4 Å². The number of carbonyl (C=O) groups excluding carboxylic acids is 1. The number of benzene rings is 1. The quantitative estimate of drug-likeness (QED) is 0.857. The standard InChI is InChI=1S/C20H24FN3O.ClH/c1-12-9-19(13(2)24(12)18-7-3-14(21)4-8-18)20(25)23-17-10-15-5-6-16(11-17)22-15;/h3-4,7-9,15-17,22H,5-6,10-11H2,1-2H3,(H,23,25);1H. The van der Waals surface area contributed by atoms with E-state index in [2.05, 4.69) is 10.6 Å². The zero-order valence-corrected chi connectivity index (χ0v) is 15.9. The van der Waals surface area contributed by atoms with E-state index in [1.165, 1.54) is 25.0 Å². The topological polar surface area (TPSA) is 46.1 Å². The van der Waals surface area contributed by atoms with Gasteiger partial charge in [0.1, 0.15) is 5.82 Å². The molecule has 2 aliphatic heterocycles. The predicted molar refractivity (Wildman–Crippen MR) is 103 cm³/mol. The van der Waals surface area contributed by atoms with Gasteiger partial charge < -0.3 is 15.2 Å². The minimum absolute atomic E-state index is 0.